The first-order valence-electron chi connectivity index (χ1n) is 6.21. The number of likely N-dealkylation sites (N-methyl/N-ethyl adjacent to an activating group) is 2. The standard InChI is InChI=1S/C14H25N3/c1-16(2)9-10-17(3)12-14(11-15)13-7-5-4-6-8-13/h4-8,14H,9-12,15H2,1-3H3. The van der Waals surface area contributed by atoms with Gasteiger partial charge in [-0.05, 0) is 26.7 Å². The third-order valence-corrected chi connectivity index (χ3v) is 3.02. The van der Waals surface area contributed by atoms with Crippen LogP contribution in [0.3, 0.4) is 0 Å². The highest BCUT2D eigenvalue weighted by Gasteiger charge is 2.11. The number of rotatable bonds is 7. The first-order chi connectivity index (χ1) is 8.13. The van der Waals surface area contributed by atoms with E-state index in [2.05, 4.69) is 55.2 Å². The third kappa shape index (κ3) is 5.31. The van der Waals surface area contributed by atoms with Crippen LogP contribution in [0.15, 0.2) is 30.3 Å². The van der Waals surface area contributed by atoms with Crippen molar-refractivity contribution < 1.29 is 0 Å². The zero-order valence-electron chi connectivity index (χ0n) is 11.3. The molecule has 1 unspecified atom stereocenters. The van der Waals surface area contributed by atoms with Crippen molar-refractivity contribution in [3.8, 4) is 0 Å². The Balaban J connectivity index is 2.47. The lowest BCUT2D eigenvalue weighted by Gasteiger charge is -2.24. The summed E-state index contributed by atoms with van der Waals surface area (Å²) in [7, 11) is 6.37. The molecule has 0 aliphatic heterocycles. The van der Waals surface area contributed by atoms with Gasteiger partial charge in [0, 0.05) is 32.1 Å². The molecule has 1 rings (SSSR count). The Labute approximate surface area is 105 Å². The molecule has 0 spiro atoms. The molecule has 0 radical (unpaired) electrons. The van der Waals surface area contributed by atoms with Crippen LogP contribution in [0.4, 0.5) is 0 Å². The lowest BCUT2D eigenvalue weighted by atomic mass is 9.99. The highest BCUT2D eigenvalue weighted by atomic mass is 15.1. The van der Waals surface area contributed by atoms with Crippen molar-refractivity contribution in [2.24, 2.45) is 5.73 Å². The van der Waals surface area contributed by atoms with Crippen molar-refractivity contribution in [3.05, 3.63) is 35.9 Å². The molecule has 0 heterocycles. The number of hydrogen-bond donors (Lipinski definition) is 1. The first kappa shape index (κ1) is 14.2. The summed E-state index contributed by atoms with van der Waals surface area (Å²) in [6, 6.07) is 10.5. The number of nitrogens with two attached hydrogens (primary N) is 1. The van der Waals surface area contributed by atoms with Crippen LogP contribution < -0.4 is 5.73 Å². The van der Waals surface area contributed by atoms with E-state index >= 15 is 0 Å². The normalized spacial score (nSPS) is 13.3. The molecule has 0 bridgehead atoms. The maximum Gasteiger partial charge on any atom is 0.0106 e. The zero-order chi connectivity index (χ0) is 12.7. The summed E-state index contributed by atoms with van der Waals surface area (Å²) in [6.45, 7) is 3.89. The van der Waals surface area contributed by atoms with E-state index in [-0.39, 0.29) is 0 Å². The van der Waals surface area contributed by atoms with Gasteiger partial charge in [-0.3, -0.25) is 0 Å². The van der Waals surface area contributed by atoms with Gasteiger partial charge in [-0.15, -0.1) is 0 Å². The molecule has 3 nitrogen and oxygen atoms in total. The zero-order valence-corrected chi connectivity index (χ0v) is 11.3. The molecule has 0 fully saturated rings. The number of hydrogen-bond acceptors (Lipinski definition) is 3. The van der Waals surface area contributed by atoms with E-state index in [1.807, 2.05) is 6.07 Å². The smallest absolute Gasteiger partial charge is 0.0106 e. The molecular weight excluding hydrogens is 210 g/mol. The van der Waals surface area contributed by atoms with Gasteiger partial charge in [-0.25, -0.2) is 0 Å². The summed E-state index contributed by atoms with van der Waals surface area (Å²) in [6.07, 6.45) is 0. The molecule has 1 aromatic rings. The summed E-state index contributed by atoms with van der Waals surface area (Å²) in [5, 5.41) is 0. The number of nitrogens with zero attached hydrogens (tertiary/aromatic N) is 2. The van der Waals surface area contributed by atoms with Crippen molar-refractivity contribution in [1.82, 2.24) is 9.80 Å². The molecule has 1 atom stereocenters. The van der Waals surface area contributed by atoms with E-state index in [9.17, 15) is 0 Å². The Hall–Kier alpha value is -0.900. The van der Waals surface area contributed by atoms with Gasteiger partial charge in [0.2, 0.25) is 0 Å². The first-order valence-corrected chi connectivity index (χ1v) is 6.21. The van der Waals surface area contributed by atoms with Gasteiger partial charge in [0.15, 0.2) is 0 Å². The minimum absolute atomic E-state index is 0.434. The second kappa shape index (κ2) is 7.43. The van der Waals surface area contributed by atoms with Gasteiger partial charge in [-0.2, -0.15) is 0 Å². The Bertz CT molecular complexity index is 298. The third-order valence-electron chi connectivity index (χ3n) is 3.02. The lowest BCUT2D eigenvalue weighted by molar-refractivity contribution is 0.269. The lowest BCUT2D eigenvalue weighted by Crippen LogP contribution is -2.33. The molecular formula is C14H25N3. The van der Waals surface area contributed by atoms with Crippen LogP contribution in [-0.4, -0.2) is 57.1 Å². The summed E-state index contributed by atoms with van der Waals surface area (Å²) in [5.41, 5.74) is 7.21. The summed E-state index contributed by atoms with van der Waals surface area (Å²) in [4.78, 5) is 4.56. The van der Waals surface area contributed by atoms with Gasteiger partial charge < -0.3 is 15.5 Å². The monoisotopic (exact) mass is 235 g/mol. The van der Waals surface area contributed by atoms with Crippen molar-refractivity contribution in [1.29, 1.82) is 0 Å². The molecule has 2 N–H and O–H groups in total. The predicted octanol–water partition coefficient (Wildman–Crippen LogP) is 1.22. The van der Waals surface area contributed by atoms with Crippen LogP contribution in [-0.2, 0) is 0 Å². The highest BCUT2D eigenvalue weighted by molar-refractivity contribution is 5.20. The second-order valence-electron chi connectivity index (χ2n) is 4.91. The van der Waals surface area contributed by atoms with Crippen LogP contribution in [0.2, 0.25) is 0 Å². The van der Waals surface area contributed by atoms with E-state index in [0.717, 1.165) is 19.6 Å². The average Bonchev–Trinajstić information content (AvgIpc) is 2.34. The van der Waals surface area contributed by atoms with E-state index < -0.39 is 0 Å². The summed E-state index contributed by atoms with van der Waals surface area (Å²) in [5.74, 6) is 0.434. The SMILES string of the molecule is CN(C)CCN(C)CC(CN)c1ccccc1. The molecule has 0 amide bonds. The fourth-order valence-corrected chi connectivity index (χ4v) is 1.88. The van der Waals surface area contributed by atoms with Crippen LogP contribution in [0.1, 0.15) is 11.5 Å². The molecule has 17 heavy (non-hydrogen) atoms. The van der Waals surface area contributed by atoms with Gasteiger partial charge in [0.05, 0.1) is 0 Å². The number of benzene rings is 1. The Kier molecular flexibility index (Phi) is 6.19. The molecule has 0 aromatic heterocycles. The fourth-order valence-electron chi connectivity index (χ4n) is 1.88. The van der Waals surface area contributed by atoms with E-state index in [4.69, 9.17) is 5.73 Å². The fraction of sp³-hybridized carbons (Fsp3) is 0.571. The molecule has 0 aliphatic rings. The topological polar surface area (TPSA) is 32.5 Å². The van der Waals surface area contributed by atoms with Crippen LogP contribution >= 0.6 is 0 Å². The van der Waals surface area contributed by atoms with Crippen molar-refractivity contribution in [2.75, 3.05) is 47.3 Å². The Morgan fingerprint density at radius 1 is 1.06 bits per heavy atom. The van der Waals surface area contributed by atoms with E-state index in [1.54, 1.807) is 0 Å². The molecule has 3 heteroatoms. The predicted molar refractivity (Wildman–Crippen MR) is 74.3 cm³/mol. The molecule has 0 saturated carbocycles. The largest absolute Gasteiger partial charge is 0.330 e. The van der Waals surface area contributed by atoms with E-state index in [0.29, 0.717) is 12.5 Å². The van der Waals surface area contributed by atoms with Gasteiger partial charge in [0.1, 0.15) is 0 Å². The highest BCUT2D eigenvalue weighted by Crippen LogP contribution is 2.14. The Morgan fingerprint density at radius 3 is 2.24 bits per heavy atom. The van der Waals surface area contributed by atoms with Gasteiger partial charge in [-0.1, -0.05) is 30.3 Å². The van der Waals surface area contributed by atoms with Crippen molar-refractivity contribution in [2.45, 2.75) is 5.92 Å². The summed E-state index contributed by atoms with van der Waals surface area (Å²) >= 11 is 0. The molecule has 1 aromatic carbocycles. The maximum absolute atomic E-state index is 5.87. The average molecular weight is 235 g/mol. The molecule has 0 aliphatic carbocycles. The van der Waals surface area contributed by atoms with Crippen LogP contribution in [0.25, 0.3) is 0 Å². The molecule has 0 saturated heterocycles. The molecule has 96 valence electrons. The minimum Gasteiger partial charge on any atom is -0.330 e. The quantitative estimate of drug-likeness (QED) is 0.771. The van der Waals surface area contributed by atoms with Gasteiger partial charge >= 0.3 is 0 Å². The van der Waals surface area contributed by atoms with Crippen molar-refractivity contribution >= 4 is 0 Å². The van der Waals surface area contributed by atoms with Crippen LogP contribution in [0, 0.1) is 0 Å². The van der Waals surface area contributed by atoms with E-state index in [1.165, 1.54) is 5.56 Å². The van der Waals surface area contributed by atoms with Crippen LogP contribution in [0.5, 0.6) is 0 Å². The van der Waals surface area contributed by atoms with Crippen molar-refractivity contribution in [3.63, 3.8) is 0 Å². The maximum atomic E-state index is 5.87. The van der Waals surface area contributed by atoms with Gasteiger partial charge in [0.25, 0.3) is 0 Å². The Morgan fingerprint density at radius 2 is 1.71 bits per heavy atom. The minimum atomic E-state index is 0.434. The summed E-state index contributed by atoms with van der Waals surface area (Å²) < 4.78 is 0. The second-order valence-corrected chi connectivity index (χ2v) is 4.91.